The third kappa shape index (κ3) is 7.07. The molecule has 0 spiro atoms. The number of hydrogen-bond acceptors (Lipinski definition) is 7. The first-order valence-corrected chi connectivity index (χ1v) is 16.7. The summed E-state index contributed by atoms with van der Waals surface area (Å²) in [6.07, 6.45) is -1.76. The zero-order valence-electron chi connectivity index (χ0n) is 28.4. The van der Waals surface area contributed by atoms with Crippen LogP contribution in [0.2, 0.25) is 0 Å². The molecular formula is C43H42O7. The van der Waals surface area contributed by atoms with Crippen LogP contribution in [0.1, 0.15) is 36.1 Å². The maximum atomic E-state index is 11.7. The van der Waals surface area contributed by atoms with E-state index in [0.29, 0.717) is 18.1 Å². The van der Waals surface area contributed by atoms with Gasteiger partial charge in [0.1, 0.15) is 43.5 Å². The summed E-state index contributed by atoms with van der Waals surface area (Å²) in [6.45, 7) is 11.3. The Bertz CT molecular complexity index is 2000. The Hall–Kier alpha value is -5.21. The average Bonchev–Trinajstić information content (AvgIpc) is 3.44. The van der Waals surface area contributed by atoms with Crippen molar-refractivity contribution in [1.82, 2.24) is 0 Å². The van der Waals surface area contributed by atoms with Crippen molar-refractivity contribution in [1.29, 1.82) is 0 Å². The Morgan fingerprint density at radius 2 is 1.26 bits per heavy atom. The Morgan fingerprint density at radius 3 is 1.88 bits per heavy atom. The van der Waals surface area contributed by atoms with Crippen molar-refractivity contribution in [3.05, 3.63) is 156 Å². The average molecular weight is 671 g/mol. The molecule has 3 atom stereocenters. The van der Waals surface area contributed by atoms with E-state index in [-0.39, 0.29) is 32.0 Å². The van der Waals surface area contributed by atoms with E-state index in [1.165, 1.54) is 16.7 Å². The lowest BCUT2D eigenvalue weighted by Gasteiger charge is -2.35. The molecule has 5 aromatic rings. The summed E-state index contributed by atoms with van der Waals surface area (Å²) in [6, 6.07) is 37.4. The second-order valence-corrected chi connectivity index (χ2v) is 12.8. The first-order valence-electron chi connectivity index (χ1n) is 16.7. The monoisotopic (exact) mass is 670 g/mol. The van der Waals surface area contributed by atoms with E-state index in [1.54, 1.807) is 6.92 Å². The molecule has 0 amide bonds. The maximum absolute atomic E-state index is 11.7. The van der Waals surface area contributed by atoms with Gasteiger partial charge in [-0.3, -0.25) is 0 Å². The van der Waals surface area contributed by atoms with E-state index in [9.17, 15) is 15.0 Å². The summed E-state index contributed by atoms with van der Waals surface area (Å²) in [5.74, 6) is 0.668. The molecule has 7 nitrogen and oxygen atoms in total. The largest absolute Gasteiger partial charge is 0.491 e. The van der Waals surface area contributed by atoms with Gasteiger partial charge in [-0.2, -0.15) is 0 Å². The molecule has 0 saturated carbocycles. The van der Waals surface area contributed by atoms with Crippen LogP contribution in [0.25, 0.3) is 21.9 Å². The van der Waals surface area contributed by atoms with Crippen molar-refractivity contribution in [2.45, 2.75) is 31.5 Å². The first-order chi connectivity index (χ1) is 24.2. The molecule has 1 aliphatic rings. The number of aliphatic hydroxyl groups is 2. The van der Waals surface area contributed by atoms with Crippen LogP contribution in [-0.2, 0) is 19.7 Å². The van der Waals surface area contributed by atoms with E-state index >= 15 is 0 Å². The van der Waals surface area contributed by atoms with E-state index in [4.69, 9.17) is 18.9 Å². The van der Waals surface area contributed by atoms with Gasteiger partial charge >= 0.3 is 5.97 Å². The molecule has 256 valence electrons. The molecule has 5 aromatic carbocycles. The minimum atomic E-state index is -0.991. The molecule has 2 N–H and O–H groups in total. The van der Waals surface area contributed by atoms with Crippen LogP contribution in [0.5, 0.6) is 11.5 Å². The predicted molar refractivity (Wildman–Crippen MR) is 196 cm³/mol. The normalized spacial score (nSPS) is 15.8. The molecule has 7 heteroatoms. The lowest BCUT2D eigenvalue weighted by atomic mass is 9.66. The van der Waals surface area contributed by atoms with E-state index < -0.39 is 23.6 Å². The van der Waals surface area contributed by atoms with E-state index in [2.05, 4.69) is 98.1 Å². The van der Waals surface area contributed by atoms with Gasteiger partial charge in [0.15, 0.2) is 0 Å². The molecule has 0 radical (unpaired) electrons. The predicted octanol–water partition coefficient (Wildman–Crippen LogP) is 7.39. The van der Waals surface area contributed by atoms with Crippen LogP contribution < -0.4 is 9.47 Å². The van der Waals surface area contributed by atoms with Crippen molar-refractivity contribution >= 4 is 16.7 Å². The fraction of sp³-hybridized carbons (Fsp3) is 0.233. The van der Waals surface area contributed by atoms with Gasteiger partial charge in [0.25, 0.3) is 0 Å². The zero-order chi connectivity index (χ0) is 35.3. The van der Waals surface area contributed by atoms with Gasteiger partial charge in [-0.1, -0.05) is 104 Å². The number of aliphatic hydroxyl groups excluding tert-OH is 2. The molecule has 0 aliphatic heterocycles. The van der Waals surface area contributed by atoms with Crippen molar-refractivity contribution in [2.24, 2.45) is 0 Å². The lowest BCUT2D eigenvalue weighted by Crippen LogP contribution is -2.29. The highest BCUT2D eigenvalue weighted by Gasteiger charge is 2.47. The summed E-state index contributed by atoms with van der Waals surface area (Å²) in [5, 5.41) is 23.1. The van der Waals surface area contributed by atoms with Gasteiger partial charge in [0.05, 0.1) is 18.6 Å². The number of carbonyl (C=O) groups is 1. The van der Waals surface area contributed by atoms with Crippen LogP contribution in [0, 0.1) is 0 Å². The van der Waals surface area contributed by atoms with Crippen LogP contribution in [0.3, 0.4) is 0 Å². The fourth-order valence-corrected chi connectivity index (χ4v) is 6.59. The molecular weight excluding hydrogens is 628 g/mol. The highest BCUT2D eigenvalue weighted by molar-refractivity contribution is 6.00. The third-order valence-electron chi connectivity index (χ3n) is 8.80. The molecule has 6 rings (SSSR count). The lowest BCUT2D eigenvalue weighted by molar-refractivity contribution is -0.142. The van der Waals surface area contributed by atoms with E-state index in [0.717, 1.165) is 33.0 Å². The molecule has 0 saturated heterocycles. The van der Waals surface area contributed by atoms with Gasteiger partial charge in [-0.25, -0.2) is 4.79 Å². The maximum Gasteiger partial charge on any atom is 0.333 e. The Balaban J connectivity index is 1.36. The SMILES string of the molecule is C=C(C)COCC(O)COc1ccc(C2(c3ccc(OCC(O)COC(=O)C(=C)C)cc3)c3ccccc3-c3ccc4ccccc4c32)cc1. The summed E-state index contributed by atoms with van der Waals surface area (Å²) in [4.78, 5) is 11.7. The molecule has 50 heavy (non-hydrogen) atoms. The van der Waals surface area contributed by atoms with Gasteiger partial charge in [-0.15, -0.1) is 0 Å². The summed E-state index contributed by atoms with van der Waals surface area (Å²) in [5.41, 5.74) is 7.27. The van der Waals surface area contributed by atoms with Crippen molar-refractivity contribution < 1.29 is 34.0 Å². The standard InChI is InChI=1S/C43H42O7/c1-28(2)23-47-24-33(44)25-48-35-18-14-31(15-19-35)43(32-16-20-36(21-17-32)49-26-34(45)27-50-42(46)29(3)4)40-12-8-7-11-38(40)39-22-13-30-9-5-6-10-37(30)41(39)43/h5-22,33-34,44-45H,1,3,23-27H2,2,4H3. The molecule has 0 heterocycles. The number of esters is 1. The smallest absolute Gasteiger partial charge is 0.333 e. The number of hydrogen-bond donors (Lipinski definition) is 2. The van der Waals surface area contributed by atoms with Gasteiger partial charge in [0, 0.05) is 5.57 Å². The Labute approximate surface area is 293 Å². The topological polar surface area (TPSA) is 94.5 Å². The molecule has 0 aromatic heterocycles. The minimum Gasteiger partial charge on any atom is -0.491 e. The molecule has 3 unspecified atom stereocenters. The summed E-state index contributed by atoms with van der Waals surface area (Å²) >= 11 is 0. The second kappa shape index (κ2) is 15.1. The Kier molecular flexibility index (Phi) is 10.5. The fourth-order valence-electron chi connectivity index (χ4n) is 6.59. The summed E-state index contributed by atoms with van der Waals surface area (Å²) in [7, 11) is 0. The highest BCUT2D eigenvalue weighted by atomic mass is 16.5. The summed E-state index contributed by atoms with van der Waals surface area (Å²) < 4.78 is 22.4. The number of fused-ring (bicyclic) bond motifs is 5. The van der Waals surface area contributed by atoms with Crippen molar-refractivity contribution in [3.8, 4) is 22.6 Å². The molecule has 1 aliphatic carbocycles. The minimum absolute atomic E-state index is 0.0412. The van der Waals surface area contributed by atoms with Crippen LogP contribution in [-0.4, -0.2) is 61.4 Å². The first kappa shape index (κ1) is 34.6. The van der Waals surface area contributed by atoms with Crippen LogP contribution in [0.4, 0.5) is 0 Å². The van der Waals surface area contributed by atoms with Crippen molar-refractivity contribution in [2.75, 3.05) is 33.0 Å². The van der Waals surface area contributed by atoms with Crippen molar-refractivity contribution in [3.63, 3.8) is 0 Å². The van der Waals surface area contributed by atoms with E-state index in [1.807, 2.05) is 31.2 Å². The third-order valence-corrected chi connectivity index (χ3v) is 8.80. The zero-order valence-corrected chi connectivity index (χ0v) is 28.4. The van der Waals surface area contributed by atoms with Crippen LogP contribution in [0.15, 0.2) is 133 Å². The van der Waals surface area contributed by atoms with Gasteiger partial charge < -0.3 is 29.2 Å². The number of carbonyl (C=O) groups excluding carboxylic acids is 1. The number of ether oxygens (including phenoxy) is 4. The number of benzene rings is 5. The van der Waals surface area contributed by atoms with Gasteiger partial charge in [0.2, 0.25) is 0 Å². The Morgan fingerprint density at radius 1 is 0.680 bits per heavy atom. The van der Waals surface area contributed by atoms with Crippen LogP contribution >= 0.6 is 0 Å². The highest BCUT2D eigenvalue weighted by Crippen LogP contribution is 2.58. The quantitative estimate of drug-likeness (QED) is 0.0669. The molecule has 0 bridgehead atoms. The second-order valence-electron chi connectivity index (χ2n) is 12.8. The number of rotatable bonds is 15. The molecule has 0 fully saturated rings. The van der Waals surface area contributed by atoms with Gasteiger partial charge in [-0.05, 0) is 82.3 Å².